The van der Waals surface area contributed by atoms with Crippen molar-refractivity contribution >= 4 is 0 Å². The molecule has 0 aromatic rings. The van der Waals surface area contributed by atoms with Gasteiger partial charge in [-0.25, -0.2) is 0 Å². The van der Waals surface area contributed by atoms with E-state index >= 15 is 0 Å². The predicted molar refractivity (Wildman–Crippen MR) is 90.0 cm³/mol. The Morgan fingerprint density at radius 1 is 0.950 bits per heavy atom. The van der Waals surface area contributed by atoms with Gasteiger partial charge in [0.25, 0.3) is 0 Å². The van der Waals surface area contributed by atoms with Crippen LogP contribution in [0.4, 0.5) is 0 Å². The number of nitrogens with zero attached hydrogens (tertiary/aromatic N) is 1. The highest BCUT2D eigenvalue weighted by Crippen LogP contribution is 2.34. The molecule has 1 aliphatic rings. The Labute approximate surface area is 127 Å². The van der Waals surface area contributed by atoms with Crippen LogP contribution in [0.15, 0.2) is 0 Å². The molecule has 120 valence electrons. The van der Waals surface area contributed by atoms with E-state index in [0.717, 1.165) is 12.5 Å². The molecule has 20 heavy (non-hydrogen) atoms. The summed E-state index contributed by atoms with van der Waals surface area (Å²) < 4.78 is 0. The molecule has 0 aromatic heterocycles. The van der Waals surface area contributed by atoms with Gasteiger partial charge in [0.15, 0.2) is 0 Å². The SMILES string of the molecule is CCC(CC)N(CC(C)C)C1(CN)CCCCCCC1. The van der Waals surface area contributed by atoms with Crippen LogP contribution in [0.2, 0.25) is 0 Å². The monoisotopic (exact) mass is 282 g/mol. The first-order chi connectivity index (χ1) is 9.59. The highest BCUT2D eigenvalue weighted by molar-refractivity contribution is 4.95. The number of hydrogen-bond donors (Lipinski definition) is 1. The zero-order chi connectivity index (χ0) is 15.0. The first-order valence-corrected chi connectivity index (χ1v) is 9.06. The van der Waals surface area contributed by atoms with Gasteiger partial charge in [0.05, 0.1) is 0 Å². The number of nitrogens with two attached hydrogens (primary N) is 1. The van der Waals surface area contributed by atoms with Gasteiger partial charge in [0, 0.05) is 24.7 Å². The molecule has 0 aliphatic heterocycles. The third kappa shape index (κ3) is 4.73. The molecule has 2 nitrogen and oxygen atoms in total. The summed E-state index contributed by atoms with van der Waals surface area (Å²) in [6.07, 6.45) is 12.1. The first kappa shape index (κ1) is 18.0. The normalized spacial score (nSPS) is 20.4. The summed E-state index contributed by atoms with van der Waals surface area (Å²) in [5.41, 5.74) is 6.62. The van der Waals surface area contributed by atoms with Crippen molar-refractivity contribution < 1.29 is 0 Å². The number of hydrogen-bond acceptors (Lipinski definition) is 2. The lowest BCUT2D eigenvalue weighted by Crippen LogP contribution is -2.58. The van der Waals surface area contributed by atoms with E-state index in [4.69, 9.17) is 5.73 Å². The Morgan fingerprint density at radius 2 is 1.45 bits per heavy atom. The standard InChI is InChI=1S/C18H38N2/c1-5-17(6-2)20(14-16(3)4)18(15-19)12-10-8-7-9-11-13-18/h16-17H,5-15,19H2,1-4H3. The molecule has 0 amide bonds. The minimum Gasteiger partial charge on any atom is -0.329 e. The van der Waals surface area contributed by atoms with Crippen LogP contribution in [0.5, 0.6) is 0 Å². The van der Waals surface area contributed by atoms with E-state index in [1.807, 2.05) is 0 Å². The summed E-state index contributed by atoms with van der Waals surface area (Å²) in [5.74, 6) is 0.726. The van der Waals surface area contributed by atoms with E-state index in [0.29, 0.717) is 6.04 Å². The lowest BCUT2D eigenvalue weighted by atomic mass is 9.80. The Balaban J connectivity index is 2.95. The summed E-state index contributed by atoms with van der Waals surface area (Å²) in [6, 6.07) is 0.709. The lowest BCUT2D eigenvalue weighted by molar-refractivity contribution is 0.0128. The fourth-order valence-corrected chi connectivity index (χ4v) is 4.02. The maximum Gasteiger partial charge on any atom is 0.0334 e. The predicted octanol–water partition coefficient (Wildman–Crippen LogP) is 4.57. The lowest BCUT2D eigenvalue weighted by Gasteiger charge is -2.49. The molecule has 1 rings (SSSR count). The van der Waals surface area contributed by atoms with Gasteiger partial charge in [0.1, 0.15) is 0 Å². The van der Waals surface area contributed by atoms with Crippen LogP contribution in [0.25, 0.3) is 0 Å². The quantitative estimate of drug-likeness (QED) is 0.741. The first-order valence-electron chi connectivity index (χ1n) is 9.06. The van der Waals surface area contributed by atoms with Crippen LogP contribution in [0, 0.1) is 5.92 Å². The van der Waals surface area contributed by atoms with E-state index in [9.17, 15) is 0 Å². The molecule has 0 radical (unpaired) electrons. The third-order valence-electron chi connectivity index (χ3n) is 5.22. The van der Waals surface area contributed by atoms with Crippen LogP contribution in [0.1, 0.15) is 85.5 Å². The molecular weight excluding hydrogens is 244 g/mol. The van der Waals surface area contributed by atoms with Crippen molar-refractivity contribution in [1.82, 2.24) is 4.90 Å². The van der Waals surface area contributed by atoms with Crippen LogP contribution in [-0.4, -0.2) is 29.6 Å². The van der Waals surface area contributed by atoms with Gasteiger partial charge < -0.3 is 5.73 Å². The van der Waals surface area contributed by atoms with E-state index in [2.05, 4.69) is 32.6 Å². The molecule has 0 atom stereocenters. The fourth-order valence-electron chi connectivity index (χ4n) is 4.02. The zero-order valence-electron chi connectivity index (χ0n) is 14.5. The van der Waals surface area contributed by atoms with Crippen molar-refractivity contribution in [2.24, 2.45) is 11.7 Å². The molecular formula is C18H38N2. The van der Waals surface area contributed by atoms with Crippen molar-refractivity contribution in [2.75, 3.05) is 13.1 Å². The van der Waals surface area contributed by atoms with E-state index in [1.165, 1.54) is 64.3 Å². The van der Waals surface area contributed by atoms with Gasteiger partial charge >= 0.3 is 0 Å². The average Bonchev–Trinajstić information content (AvgIpc) is 2.39. The molecule has 1 fully saturated rings. The second-order valence-corrected chi connectivity index (χ2v) is 7.21. The summed E-state index contributed by atoms with van der Waals surface area (Å²) in [4.78, 5) is 2.82. The highest BCUT2D eigenvalue weighted by atomic mass is 15.2. The molecule has 2 N–H and O–H groups in total. The largest absolute Gasteiger partial charge is 0.329 e. The maximum absolute atomic E-state index is 6.34. The Morgan fingerprint density at radius 3 is 1.85 bits per heavy atom. The van der Waals surface area contributed by atoms with Crippen LogP contribution >= 0.6 is 0 Å². The van der Waals surface area contributed by atoms with Crippen molar-refractivity contribution in [3.63, 3.8) is 0 Å². The maximum atomic E-state index is 6.34. The van der Waals surface area contributed by atoms with Gasteiger partial charge in [-0.2, -0.15) is 0 Å². The summed E-state index contributed by atoms with van der Waals surface area (Å²) in [7, 11) is 0. The van der Waals surface area contributed by atoms with E-state index in [-0.39, 0.29) is 5.54 Å². The van der Waals surface area contributed by atoms with Gasteiger partial charge in [-0.15, -0.1) is 0 Å². The molecule has 2 heteroatoms. The van der Waals surface area contributed by atoms with Gasteiger partial charge in [-0.05, 0) is 31.6 Å². The van der Waals surface area contributed by atoms with Crippen molar-refractivity contribution in [1.29, 1.82) is 0 Å². The topological polar surface area (TPSA) is 29.3 Å². The van der Waals surface area contributed by atoms with Crippen molar-refractivity contribution in [3.05, 3.63) is 0 Å². The second kappa shape index (κ2) is 9.04. The zero-order valence-corrected chi connectivity index (χ0v) is 14.5. The molecule has 0 saturated heterocycles. The van der Waals surface area contributed by atoms with Crippen LogP contribution < -0.4 is 5.73 Å². The Bertz CT molecular complexity index is 238. The van der Waals surface area contributed by atoms with E-state index < -0.39 is 0 Å². The number of rotatable bonds is 7. The molecule has 0 unspecified atom stereocenters. The summed E-state index contributed by atoms with van der Waals surface area (Å²) >= 11 is 0. The van der Waals surface area contributed by atoms with Crippen LogP contribution in [0.3, 0.4) is 0 Å². The third-order valence-corrected chi connectivity index (χ3v) is 5.22. The molecule has 0 bridgehead atoms. The second-order valence-electron chi connectivity index (χ2n) is 7.21. The van der Waals surface area contributed by atoms with E-state index in [1.54, 1.807) is 0 Å². The summed E-state index contributed by atoms with van der Waals surface area (Å²) in [6.45, 7) is 11.4. The molecule has 0 heterocycles. The van der Waals surface area contributed by atoms with Gasteiger partial charge in [-0.1, -0.05) is 59.8 Å². The minimum atomic E-state index is 0.279. The van der Waals surface area contributed by atoms with Crippen molar-refractivity contribution in [3.8, 4) is 0 Å². The molecule has 1 saturated carbocycles. The summed E-state index contributed by atoms with van der Waals surface area (Å²) in [5, 5.41) is 0. The molecule has 0 spiro atoms. The Kier molecular flexibility index (Phi) is 8.13. The minimum absolute atomic E-state index is 0.279. The molecule has 1 aliphatic carbocycles. The van der Waals surface area contributed by atoms with Crippen LogP contribution in [-0.2, 0) is 0 Å². The van der Waals surface area contributed by atoms with Crippen molar-refractivity contribution in [2.45, 2.75) is 97.1 Å². The molecule has 0 aromatic carbocycles. The highest BCUT2D eigenvalue weighted by Gasteiger charge is 2.38. The average molecular weight is 283 g/mol. The van der Waals surface area contributed by atoms with Gasteiger partial charge in [-0.3, -0.25) is 4.90 Å². The fraction of sp³-hybridized carbons (Fsp3) is 1.00. The Hall–Kier alpha value is -0.0800. The smallest absolute Gasteiger partial charge is 0.0334 e. The van der Waals surface area contributed by atoms with Gasteiger partial charge in [0.2, 0.25) is 0 Å².